The van der Waals surface area contributed by atoms with E-state index in [9.17, 15) is 4.39 Å². The van der Waals surface area contributed by atoms with Crippen molar-refractivity contribution < 1.29 is 4.39 Å². The lowest BCUT2D eigenvalue weighted by atomic mass is 10.1. The predicted octanol–water partition coefficient (Wildman–Crippen LogP) is 3.16. The summed E-state index contributed by atoms with van der Waals surface area (Å²) in [5.74, 6) is 0.526. The minimum atomic E-state index is -0.223. The highest BCUT2D eigenvalue weighted by atomic mass is 32.1. The predicted molar refractivity (Wildman–Crippen MR) is 63.1 cm³/mol. The van der Waals surface area contributed by atoms with E-state index in [-0.39, 0.29) is 11.9 Å². The summed E-state index contributed by atoms with van der Waals surface area (Å²) in [7, 11) is 0. The third kappa shape index (κ3) is 2.55. The summed E-state index contributed by atoms with van der Waals surface area (Å²) in [6.45, 7) is 3.81. The van der Waals surface area contributed by atoms with Gasteiger partial charge in [-0.1, -0.05) is 12.1 Å². The Kier molecular flexibility index (Phi) is 3.14. The molecule has 1 heterocycles. The number of anilines is 1. The number of rotatable bonds is 3. The molecule has 0 saturated carbocycles. The first kappa shape index (κ1) is 11.0. The quantitative estimate of drug-likeness (QED) is 0.891. The molecule has 0 amide bonds. The topological polar surface area (TPSA) is 37.8 Å². The minimum absolute atomic E-state index is 0.0167. The zero-order valence-electron chi connectivity index (χ0n) is 9.07. The molecule has 0 aliphatic heterocycles. The van der Waals surface area contributed by atoms with Crippen LogP contribution < -0.4 is 5.32 Å². The van der Waals surface area contributed by atoms with Crippen molar-refractivity contribution in [3.63, 3.8) is 0 Å². The first-order valence-electron chi connectivity index (χ1n) is 4.97. The van der Waals surface area contributed by atoms with Crippen LogP contribution >= 0.6 is 11.5 Å². The molecule has 0 fully saturated rings. The van der Waals surface area contributed by atoms with Crippen molar-refractivity contribution >= 4 is 16.7 Å². The second-order valence-corrected chi connectivity index (χ2v) is 4.32. The Balaban J connectivity index is 2.11. The van der Waals surface area contributed by atoms with Crippen molar-refractivity contribution in [2.75, 3.05) is 5.32 Å². The van der Waals surface area contributed by atoms with Gasteiger partial charge in [0.15, 0.2) is 0 Å². The molecule has 2 aromatic rings. The zero-order valence-corrected chi connectivity index (χ0v) is 9.88. The van der Waals surface area contributed by atoms with Crippen LogP contribution in [0.3, 0.4) is 0 Å². The Hall–Kier alpha value is -1.49. The summed E-state index contributed by atoms with van der Waals surface area (Å²) in [5, 5.41) is 3.94. The molecule has 1 aromatic heterocycles. The van der Waals surface area contributed by atoms with Gasteiger partial charge in [0, 0.05) is 11.5 Å². The highest BCUT2D eigenvalue weighted by Crippen LogP contribution is 2.20. The molecule has 16 heavy (non-hydrogen) atoms. The summed E-state index contributed by atoms with van der Waals surface area (Å²) in [4.78, 5) is 4.20. The van der Waals surface area contributed by atoms with Gasteiger partial charge in [0.2, 0.25) is 5.13 Å². The van der Waals surface area contributed by atoms with Crippen LogP contribution in [-0.2, 0) is 0 Å². The van der Waals surface area contributed by atoms with E-state index in [0.717, 1.165) is 16.5 Å². The van der Waals surface area contributed by atoms with Crippen LogP contribution in [0.4, 0.5) is 9.52 Å². The Bertz CT molecular complexity index is 484. The van der Waals surface area contributed by atoms with Crippen LogP contribution in [0.5, 0.6) is 0 Å². The lowest BCUT2D eigenvalue weighted by Gasteiger charge is -2.12. The van der Waals surface area contributed by atoms with Gasteiger partial charge >= 0.3 is 0 Å². The number of aryl methyl sites for hydroxylation is 1. The molecule has 0 saturated heterocycles. The van der Waals surface area contributed by atoms with E-state index in [1.807, 2.05) is 19.9 Å². The molecule has 1 unspecified atom stereocenters. The minimum Gasteiger partial charge on any atom is -0.354 e. The van der Waals surface area contributed by atoms with Gasteiger partial charge in [0.25, 0.3) is 0 Å². The van der Waals surface area contributed by atoms with Gasteiger partial charge in [-0.3, -0.25) is 0 Å². The summed E-state index contributed by atoms with van der Waals surface area (Å²) in [6.07, 6.45) is 0. The molecule has 0 bridgehead atoms. The number of halogens is 1. The van der Waals surface area contributed by atoms with E-state index in [0.29, 0.717) is 0 Å². The molecule has 0 aliphatic rings. The third-order valence-electron chi connectivity index (χ3n) is 2.22. The van der Waals surface area contributed by atoms with Crippen LogP contribution in [0.15, 0.2) is 24.3 Å². The lowest BCUT2D eigenvalue weighted by molar-refractivity contribution is 0.623. The van der Waals surface area contributed by atoms with Crippen LogP contribution in [0, 0.1) is 12.7 Å². The van der Waals surface area contributed by atoms with Crippen molar-refractivity contribution in [1.29, 1.82) is 0 Å². The van der Waals surface area contributed by atoms with Gasteiger partial charge in [-0.25, -0.2) is 9.37 Å². The van der Waals surface area contributed by atoms with Gasteiger partial charge < -0.3 is 5.32 Å². The largest absolute Gasteiger partial charge is 0.354 e. The highest BCUT2D eigenvalue weighted by Gasteiger charge is 2.08. The maximum atomic E-state index is 13.0. The number of hydrogen-bond donors (Lipinski definition) is 1. The first-order chi connectivity index (χ1) is 7.65. The van der Waals surface area contributed by atoms with E-state index in [1.54, 1.807) is 6.07 Å². The Morgan fingerprint density at radius 3 is 2.88 bits per heavy atom. The SMILES string of the molecule is Cc1nsc(NC(C)c2cccc(F)c2)n1. The monoisotopic (exact) mass is 237 g/mol. The molecule has 5 heteroatoms. The Morgan fingerprint density at radius 1 is 1.44 bits per heavy atom. The van der Waals surface area contributed by atoms with E-state index in [4.69, 9.17) is 0 Å². The van der Waals surface area contributed by atoms with Crippen LogP contribution in [0.1, 0.15) is 24.4 Å². The van der Waals surface area contributed by atoms with Gasteiger partial charge in [0.1, 0.15) is 11.6 Å². The van der Waals surface area contributed by atoms with Crippen LogP contribution in [0.25, 0.3) is 0 Å². The van der Waals surface area contributed by atoms with Crippen molar-refractivity contribution in [2.24, 2.45) is 0 Å². The van der Waals surface area contributed by atoms with Gasteiger partial charge in [-0.15, -0.1) is 0 Å². The first-order valence-corrected chi connectivity index (χ1v) is 5.75. The molecule has 2 rings (SSSR count). The molecular formula is C11H12FN3S. The van der Waals surface area contributed by atoms with Gasteiger partial charge in [-0.05, 0) is 31.5 Å². The fraction of sp³-hybridized carbons (Fsp3) is 0.273. The van der Waals surface area contributed by atoms with Crippen molar-refractivity contribution in [1.82, 2.24) is 9.36 Å². The molecule has 1 aromatic carbocycles. The third-order valence-corrected chi connectivity index (χ3v) is 2.95. The fourth-order valence-electron chi connectivity index (χ4n) is 1.40. The molecule has 0 aliphatic carbocycles. The lowest BCUT2D eigenvalue weighted by Crippen LogP contribution is -2.06. The molecule has 3 nitrogen and oxygen atoms in total. The average Bonchev–Trinajstić information content (AvgIpc) is 2.64. The smallest absolute Gasteiger partial charge is 0.203 e. The fourth-order valence-corrected chi connectivity index (χ4v) is 2.06. The molecular weight excluding hydrogens is 225 g/mol. The molecule has 0 spiro atoms. The van der Waals surface area contributed by atoms with E-state index in [2.05, 4.69) is 14.7 Å². The summed E-state index contributed by atoms with van der Waals surface area (Å²) in [6, 6.07) is 6.56. The second kappa shape index (κ2) is 4.57. The number of nitrogens with zero attached hydrogens (tertiary/aromatic N) is 2. The van der Waals surface area contributed by atoms with Gasteiger partial charge in [-0.2, -0.15) is 4.37 Å². The van der Waals surface area contributed by atoms with E-state index >= 15 is 0 Å². The van der Waals surface area contributed by atoms with Crippen LogP contribution in [-0.4, -0.2) is 9.36 Å². The highest BCUT2D eigenvalue weighted by molar-refractivity contribution is 7.09. The Labute approximate surface area is 97.5 Å². The number of aromatic nitrogens is 2. The summed E-state index contributed by atoms with van der Waals surface area (Å²) < 4.78 is 17.1. The number of hydrogen-bond acceptors (Lipinski definition) is 4. The van der Waals surface area contributed by atoms with E-state index < -0.39 is 0 Å². The molecule has 1 N–H and O–H groups in total. The van der Waals surface area contributed by atoms with Crippen molar-refractivity contribution in [2.45, 2.75) is 19.9 Å². The summed E-state index contributed by atoms with van der Waals surface area (Å²) in [5.41, 5.74) is 0.896. The average molecular weight is 237 g/mol. The normalized spacial score (nSPS) is 12.4. The summed E-state index contributed by atoms with van der Waals surface area (Å²) >= 11 is 1.31. The molecule has 1 atom stereocenters. The maximum Gasteiger partial charge on any atom is 0.203 e. The van der Waals surface area contributed by atoms with E-state index in [1.165, 1.54) is 23.7 Å². The van der Waals surface area contributed by atoms with Gasteiger partial charge in [0.05, 0.1) is 6.04 Å². The molecule has 84 valence electrons. The maximum absolute atomic E-state index is 13.0. The second-order valence-electron chi connectivity index (χ2n) is 3.57. The van der Waals surface area contributed by atoms with Crippen molar-refractivity contribution in [3.05, 3.63) is 41.5 Å². The zero-order chi connectivity index (χ0) is 11.5. The van der Waals surface area contributed by atoms with Crippen molar-refractivity contribution in [3.8, 4) is 0 Å². The standard InChI is InChI=1S/C11H12FN3S/c1-7(9-4-3-5-10(12)6-9)13-11-14-8(2)15-16-11/h3-7H,1-2H3,(H,13,14,15). The number of nitrogens with one attached hydrogen (secondary N) is 1. The van der Waals surface area contributed by atoms with Crippen LogP contribution in [0.2, 0.25) is 0 Å². The number of benzene rings is 1. The Morgan fingerprint density at radius 2 is 2.25 bits per heavy atom. The molecule has 0 radical (unpaired) electrons.